The van der Waals surface area contributed by atoms with Crippen molar-refractivity contribution in [2.24, 2.45) is 0 Å². The quantitative estimate of drug-likeness (QED) is 0.578. The topological polar surface area (TPSA) is 110 Å². The maximum absolute atomic E-state index is 12.0. The van der Waals surface area contributed by atoms with Gasteiger partial charge in [-0.1, -0.05) is 0 Å². The zero-order chi connectivity index (χ0) is 16.7. The lowest BCUT2D eigenvalue weighted by Crippen LogP contribution is -2.41. The number of carboxylic acid groups (broad SMARTS) is 1. The summed E-state index contributed by atoms with van der Waals surface area (Å²) in [6.45, 7) is 2.61. The van der Waals surface area contributed by atoms with Crippen molar-refractivity contribution in [3.63, 3.8) is 0 Å². The van der Waals surface area contributed by atoms with Crippen LogP contribution < -0.4 is 10.1 Å². The number of ketones is 1. The van der Waals surface area contributed by atoms with Crippen molar-refractivity contribution >= 4 is 23.6 Å². The van der Waals surface area contributed by atoms with Crippen molar-refractivity contribution < 1.29 is 29.0 Å². The molecule has 0 spiro atoms. The monoisotopic (exact) mass is 307 g/mol. The van der Waals surface area contributed by atoms with Crippen LogP contribution in [0.25, 0.3) is 0 Å². The van der Waals surface area contributed by atoms with Crippen LogP contribution in [-0.2, 0) is 14.4 Å². The Morgan fingerprint density at radius 3 is 2.18 bits per heavy atom. The molecule has 118 valence electrons. The number of ether oxygens (including phenoxy) is 1. The summed E-state index contributed by atoms with van der Waals surface area (Å²) in [5, 5.41) is 11.4. The molecule has 0 aromatic heterocycles. The molecule has 0 aliphatic heterocycles. The Kier molecular flexibility index (Phi) is 6.25. The van der Waals surface area contributed by atoms with Crippen LogP contribution >= 0.6 is 0 Å². The van der Waals surface area contributed by atoms with Gasteiger partial charge in [-0.15, -0.1) is 0 Å². The summed E-state index contributed by atoms with van der Waals surface area (Å²) in [6, 6.07) is 4.56. The highest BCUT2D eigenvalue weighted by Crippen LogP contribution is 2.12. The number of amides is 1. The summed E-state index contributed by atoms with van der Waals surface area (Å²) in [6.07, 6.45) is 0.102. The summed E-state index contributed by atoms with van der Waals surface area (Å²) in [5.41, 5.74) is 0.227. The van der Waals surface area contributed by atoms with E-state index in [0.29, 0.717) is 0 Å². The second-order valence-electron chi connectivity index (χ2n) is 4.72. The van der Waals surface area contributed by atoms with Gasteiger partial charge in [-0.25, -0.2) is 4.79 Å². The fraction of sp³-hybridized carbons (Fsp3) is 0.333. The second-order valence-corrected chi connectivity index (χ2v) is 4.72. The number of benzene rings is 1. The molecular weight excluding hydrogens is 290 g/mol. The van der Waals surface area contributed by atoms with E-state index in [2.05, 4.69) is 5.32 Å². The third-order valence-electron chi connectivity index (χ3n) is 2.77. The first-order chi connectivity index (χ1) is 10.3. The summed E-state index contributed by atoms with van der Waals surface area (Å²) < 4.78 is 4.83. The molecule has 0 aliphatic rings. The van der Waals surface area contributed by atoms with E-state index in [-0.39, 0.29) is 29.9 Å². The van der Waals surface area contributed by atoms with Crippen molar-refractivity contribution in [1.82, 2.24) is 5.32 Å². The van der Waals surface area contributed by atoms with Crippen LogP contribution in [-0.4, -0.2) is 34.8 Å². The number of hydrogen-bond acceptors (Lipinski definition) is 5. The van der Waals surface area contributed by atoms with Crippen LogP contribution in [0.15, 0.2) is 24.3 Å². The standard InChI is InChI=1S/C15H17NO6/c1-9(17)3-8-13(15(20)21)16-14(19)11-4-6-12(7-5-11)22-10(2)18/h4-7,13H,3,8H2,1-2H3,(H,16,19)(H,20,21)/t13-/m0/s1. The van der Waals surface area contributed by atoms with Gasteiger partial charge in [0.05, 0.1) is 0 Å². The highest BCUT2D eigenvalue weighted by molar-refractivity contribution is 5.96. The lowest BCUT2D eigenvalue weighted by atomic mass is 10.1. The van der Waals surface area contributed by atoms with E-state index in [4.69, 9.17) is 9.84 Å². The molecule has 1 aromatic rings. The fourth-order valence-corrected chi connectivity index (χ4v) is 1.69. The van der Waals surface area contributed by atoms with E-state index >= 15 is 0 Å². The predicted molar refractivity (Wildman–Crippen MR) is 76.6 cm³/mol. The number of nitrogens with one attached hydrogen (secondary N) is 1. The molecule has 0 unspecified atom stereocenters. The van der Waals surface area contributed by atoms with Gasteiger partial charge in [-0.3, -0.25) is 9.59 Å². The van der Waals surface area contributed by atoms with Crippen LogP contribution in [0, 0.1) is 0 Å². The van der Waals surface area contributed by atoms with Crippen molar-refractivity contribution in [2.45, 2.75) is 32.7 Å². The highest BCUT2D eigenvalue weighted by Gasteiger charge is 2.21. The van der Waals surface area contributed by atoms with Crippen LogP contribution in [0.2, 0.25) is 0 Å². The molecule has 2 N–H and O–H groups in total. The molecule has 1 amide bonds. The molecule has 0 saturated carbocycles. The van der Waals surface area contributed by atoms with Gasteiger partial charge < -0.3 is 20.0 Å². The van der Waals surface area contributed by atoms with E-state index in [9.17, 15) is 19.2 Å². The molecule has 0 fully saturated rings. The van der Waals surface area contributed by atoms with Gasteiger partial charge in [0.25, 0.3) is 5.91 Å². The van der Waals surface area contributed by atoms with Gasteiger partial charge in [-0.2, -0.15) is 0 Å². The van der Waals surface area contributed by atoms with Crippen LogP contribution in [0.1, 0.15) is 37.0 Å². The molecule has 7 nitrogen and oxygen atoms in total. The van der Waals surface area contributed by atoms with E-state index in [0.717, 1.165) is 0 Å². The van der Waals surface area contributed by atoms with Gasteiger partial charge in [0.15, 0.2) is 0 Å². The van der Waals surface area contributed by atoms with E-state index in [1.165, 1.54) is 38.1 Å². The largest absolute Gasteiger partial charge is 0.480 e. The van der Waals surface area contributed by atoms with E-state index in [1.807, 2.05) is 0 Å². The number of hydrogen-bond donors (Lipinski definition) is 2. The lowest BCUT2D eigenvalue weighted by Gasteiger charge is -2.14. The van der Waals surface area contributed by atoms with E-state index in [1.54, 1.807) is 0 Å². The molecule has 7 heteroatoms. The normalized spacial score (nSPS) is 11.4. The van der Waals surface area contributed by atoms with Crippen molar-refractivity contribution in [3.05, 3.63) is 29.8 Å². The highest BCUT2D eigenvalue weighted by atomic mass is 16.5. The van der Waals surface area contributed by atoms with Crippen LogP contribution in [0.4, 0.5) is 0 Å². The lowest BCUT2D eigenvalue weighted by molar-refractivity contribution is -0.139. The Bertz CT molecular complexity index is 578. The zero-order valence-corrected chi connectivity index (χ0v) is 12.3. The first kappa shape index (κ1) is 17.4. The molecule has 0 aliphatic carbocycles. The molecule has 0 bridgehead atoms. The number of aliphatic carboxylic acids is 1. The van der Waals surface area contributed by atoms with Crippen molar-refractivity contribution in [2.75, 3.05) is 0 Å². The predicted octanol–water partition coefficient (Wildman–Crippen LogP) is 1.16. The Labute approximate surface area is 127 Å². The van der Waals surface area contributed by atoms with Crippen LogP contribution in [0.5, 0.6) is 5.75 Å². The summed E-state index contributed by atoms with van der Waals surface area (Å²) >= 11 is 0. The molecule has 1 aromatic carbocycles. The molecule has 0 heterocycles. The Hall–Kier alpha value is -2.70. The van der Waals surface area contributed by atoms with Gasteiger partial charge in [0, 0.05) is 18.9 Å². The Balaban J connectivity index is 2.71. The van der Waals surface area contributed by atoms with Crippen LogP contribution in [0.3, 0.4) is 0 Å². The molecular formula is C15H17NO6. The second kappa shape index (κ2) is 7.92. The van der Waals surface area contributed by atoms with Gasteiger partial charge in [0.2, 0.25) is 0 Å². The maximum atomic E-state index is 12.0. The maximum Gasteiger partial charge on any atom is 0.326 e. The molecule has 22 heavy (non-hydrogen) atoms. The SMILES string of the molecule is CC(=O)CC[C@H](NC(=O)c1ccc(OC(C)=O)cc1)C(=O)O. The average Bonchev–Trinajstić information content (AvgIpc) is 2.42. The summed E-state index contributed by atoms with van der Waals surface area (Å²) in [4.78, 5) is 44.7. The van der Waals surface area contributed by atoms with Gasteiger partial charge >= 0.3 is 11.9 Å². The number of rotatable bonds is 7. The molecule has 1 atom stereocenters. The van der Waals surface area contributed by atoms with Gasteiger partial charge in [-0.05, 0) is 37.6 Å². The number of Topliss-reactive ketones (excluding diaryl/α,β-unsaturated/α-hetero) is 1. The van der Waals surface area contributed by atoms with E-state index < -0.39 is 23.9 Å². The first-order valence-electron chi connectivity index (χ1n) is 6.61. The molecule has 0 saturated heterocycles. The minimum Gasteiger partial charge on any atom is -0.480 e. The fourth-order valence-electron chi connectivity index (χ4n) is 1.69. The minimum atomic E-state index is -1.20. The number of carbonyl (C=O) groups excluding carboxylic acids is 3. The average molecular weight is 307 g/mol. The third-order valence-corrected chi connectivity index (χ3v) is 2.77. The van der Waals surface area contributed by atoms with Crippen molar-refractivity contribution in [1.29, 1.82) is 0 Å². The number of esters is 1. The molecule has 0 radical (unpaired) electrons. The molecule has 1 rings (SSSR count). The minimum absolute atomic E-state index is 0.0297. The third kappa shape index (κ3) is 5.74. The van der Waals surface area contributed by atoms with Gasteiger partial charge in [0.1, 0.15) is 17.6 Å². The Morgan fingerprint density at radius 1 is 1.14 bits per heavy atom. The number of carbonyl (C=O) groups is 4. The summed E-state index contributed by atoms with van der Waals surface area (Å²) in [5.74, 6) is -2.12. The zero-order valence-electron chi connectivity index (χ0n) is 12.3. The first-order valence-corrected chi connectivity index (χ1v) is 6.61. The smallest absolute Gasteiger partial charge is 0.326 e. The number of carboxylic acids is 1. The summed E-state index contributed by atoms with van der Waals surface area (Å²) in [7, 11) is 0. The Morgan fingerprint density at radius 2 is 1.73 bits per heavy atom. The van der Waals surface area contributed by atoms with Crippen molar-refractivity contribution in [3.8, 4) is 5.75 Å².